The van der Waals surface area contributed by atoms with E-state index in [1.54, 1.807) is 0 Å². The van der Waals surface area contributed by atoms with Gasteiger partial charge in [-0.1, -0.05) is 118 Å². The molecule has 2 aromatic heterocycles. The highest BCUT2D eigenvalue weighted by Gasteiger charge is 2.54. The molecule has 93 heavy (non-hydrogen) atoms. The number of nitrogens with one attached hydrogen (secondary N) is 4. The maximum absolute atomic E-state index is 5.85. The minimum absolute atomic E-state index is 0.343. The van der Waals surface area contributed by atoms with E-state index in [9.17, 15) is 0 Å². The summed E-state index contributed by atoms with van der Waals surface area (Å²) in [6.07, 6.45) is 40.3. The summed E-state index contributed by atoms with van der Waals surface area (Å²) in [5, 5.41) is 28.4. The fourth-order valence-corrected chi connectivity index (χ4v) is 23.6. The van der Waals surface area contributed by atoms with Gasteiger partial charge in [0.05, 0.1) is 35.9 Å². The summed E-state index contributed by atoms with van der Waals surface area (Å²) in [5.74, 6) is 14.0. The molecule has 0 atom stereocenters. The van der Waals surface area contributed by atoms with Crippen molar-refractivity contribution in [1.29, 1.82) is 0 Å². The van der Waals surface area contributed by atoms with E-state index >= 15 is 0 Å². The molecule has 18 aliphatic rings. The SMILES string of the molecule is Brc1ccc(C2=NCC(CNC34CC5CC(CC(C5)C3)C4)=C2)cc1.C1=C(CNC23CC4CC(CC(C4)C2)C3)N=C(c2ccccc2)C1.c1ccc(-c2cc(CNC34CC5CC(CC(C5)C3)C4)no2)cc1.c1ccc(-c2nnc(CNC34CC5CC(CC(C5)C3)C4)o2)cc1. The highest BCUT2D eigenvalue weighted by atomic mass is 79.9. The van der Waals surface area contributed by atoms with Gasteiger partial charge in [0.2, 0.25) is 11.8 Å². The summed E-state index contributed by atoms with van der Waals surface area (Å²) in [6.45, 7) is 4.39. The molecule has 16 aliphatic carbocycles. The first-order valence-corrected chi connectivity index (χ1v) is 37.5. The highest BCUT2D eigenvalue weighted by molar-refractivity contribution is 9.10. The Morgan fingerprint density at radius 3 is 1.32 bits per heavy atom. The minimum atomic E-state index is 0.343. The molecule has 4 N–H and O–H groups in total. The zero-order valence-corrected chi connectivity index (χ0v) is 56.4. The van der Waals surface area contributed by atoms with Gasteiger partial charge in [-0.2, -0.15) is 0 Å². The van der Waals surface area contributed by atoms with Crippen molar-refractivity contribution in [2.75, 3.05) is 19.6 Å². The Balaban J connectivity index is 0.0000000946. The third kappa shape index (κ3) is 13.6. The number of nitrogens with zero attached hydrogens (tertiary/aromatic N) is 5. The van der Waals surface area contributed by atoms with Crippen molar-refractivity contribution in [3.8, 4) is 22.8 Å². The second-order valence-corrected chi connectivity index (χ2v) is 33.9. The zero-order chi connectivity index (χ0) is 62.0. The van der Waals surface area contributed by atoms with Gasteiger partial charge < -0.3 is 30.2 Å². The summed E-state index contributed by atoms with van der Waals surface area (Å²) >= 11 is 3.50. The quantitative estimate of drug-likeness (QED) is 0.0746. The summed E-state index contributed by atoms with van der Waals surface area (Å²) in [4.78, 5) is 9.64. The molecule has 4 heterocycles. The lowest BCUT2D eigenvalue weighted by molar-refractivity contribution is -0.0215. The Morgan fingerprint density at radius 2 is 0.849 bits per heavy atom. The number of halogens is 1. The van der Waals surface area contributed by atoms with E-state index in [0.717, 1.165) is 136 Å². The molecule has 0 saturated heterocycles. The molecule has 16 bridgehead atoms. The number of hydrogen-bond acceptors (Lipinski definition) is 11. The van der Waals surface area contributed by atoms with Crippen LogP contribution in [0.4, 0.5) is 0 Å². The standard InChI is InChI=1S/C21H25BrN2.C21H26N2.C20H24N2O.C19H23N3O/c22-19-3-1-18(2-4-19)20-8-17(12-23-20)13-24-21-9-14-5-15(10-21)7-16(6-14)11-21;1-2-4-18(5-3-1)20-7-6-19(23-20)14-22-21-11-15-8-16(12-21)10-17(9-15)13-21;1-2-4-17(5-3-1)19-9-18(22-23-19)13-21-20-10-14-6-15(11-20)8-16(7-14)12-20;1-2-4-16(5-3-1)18-22-21-17(23-18)12-20-19-9-13-6-14(10-19)8-15(7-13)11-19/h1-4,8,14-16,24H,5-7,9-13H2;1-6,15-17,22H,7-14H2;1-5,9,14-16,21H,6-8,10-13H2;1-5,13-15,20H,6-12H2. The van der Waals surface area contributed by atoms with Crippen LogP contribution in [0.2, 0.25) is 0 Å². The average molecular weight is 1310 g/mol. The van der Waals surface area contributed by atoms with Crippen molar-refractivity contribution in [1.82, 2.24) is 36.6 Å². The third-order valence-electron chi connectivity index (χ3n) is 25.7. The largest absolute Gasteiger partial charge is 0.419 e. The molecule has 0 amide bonds. The molecule has 0 spiro atoms. The number of allylic oxidation sites excluding steroid dienone is 2. The number of benzene rings is 4. The topological polar surface area (TPSA) is 138 Å². The molecule has 0 unspecified atom stereocenters. The lowest BCUT2D eigenvalue weighted by Gasteiger charge is -2.57. The second-order valence-electron chi connectivity index (χ2n) is 33.0. The molecule has 486 valence electrons. The van der Waals surface area contributed by atoms with Crippen molar-refractivity contribution in [3.05, 3.63) is 172 Å². The maximum atomic E-state index is 5.85. The lowest BCUT2D eigenvalue weighted by Crippen LogP contribution is -2.58. The van der Waals surface area contributed by atoms with Crippen molar-refractivity contribution in [2.24, 2.45) is 81.0 Å². The van der Waals surface area contributed by atoms with Crippen LogP contribution >= 0.6 is 15.9 Å². The van der Waals surface area contributed by atoms with Gasteiger partial charge in [0.25, 0.3) is 0 Å². The van der Waals surface area contributed by atoms with Gasteiger partial charge in [0.15, 0.2) is 5.76 Å². The van der Waals surface area contributed by atoms with E-state index in [-0.39, 0.29) is 0 Å². The fourth-order valence-electron chi connectivity index (χ4n) is 23.4. The fraction of sp³-hybridized carbons (Fsp3) is 0.568. The van der Waals surface area contributed by atoms with Gasteiger partial charge in [-0.25, -0.2) is 0 Å². The molecule has 6 aromatic rings. The van der Waals surface area contributed by atoms with Crippen LogP contribution in [0.1, 0.15) is 183 Å². The van der Waals surface area contributed by atoms with Gasteiger partial charge in [-0.15, -0.1) is 10.2 Å². The Kier molecular flexibility index (Phi) is 16.9. The number of hydrogen-bond donors (Lipinski definition) is 4. The predicted molar refractivity (Wildman–Crippen MR) is 374 cm³/mol. The van der Waals surface area contributed by atoms with E-state index in [4.69, 9.17) is 18.9 Å². The van der Waals surface area contributed by atoms with Crippen LogP contribution in [-0.2, 0) is 13.1 Å². The molecule has 4 aromatic carbocycles. The second kappa shape index (κ2) is 25.7. The first-order chi connectivity index (χ1) is 45.5. The Bertz CT molecular complexity index is 3450. The van der Waals surface area contributed by atoms with Crippen molar-refractivity contribution in [2.45, 2.75) is 196 Å². The number of aliphatic imine (C=N–C) groups is 2. The predicted octanol–water partition coefficient (Wildman–Crippen LogP) is 17.3. The smallest absolute Gasteiger partial charge is 0.247 e. The Morgan fingerprint density at radius 1 is 0.430 bits per heavy atom. The first-order valence-electron chi connectivity index (χ1n) is 36.7. The van der Waals surface area contributed by atoms with Crippen LogP contribution in [0, 0.1) is 71.0 Å². The molecule has 24 rings (SSSR count). The van der Waals surface area contributed by atoms with Crippen LogP contribution in [0.3, 0.4) is 0 Å². The van der Waals surface area contributed by atoms with Gasteiger partial charge >= 0.3 is 0 Å². The van der Waals surface area contributed by atoms with Crippen molar-refractivity contribution >= 4 is 27.4 Å². The van der Waals surface area contributed by atoms with Crippen LogP contribution in [0.25, 0.3) is 22.8 Å². The van der Waals surface area contributed by atoms with Gasteiger partial charge in [0.1, 0.15) is 0 Å². The highest BCUT2D eigenvalue weighted by Crippen LogP contribution is 2.59. The lowest BCUT2D eigenvalue weighted by atomic mass is 9.53. The summed E-state index contributed by atoms with van der Waals surface area (Å²) in [5.41, 5.74) is 12.3. The summed E-state index contributed by atoms with van der Waals surface area (Å²) in [6, 6.07) is 41.4. The molecular weight excluding hydrogens is 1210 g/mol. The van der Waals surface area contributed by atoms with Crippen LogP contribution in [0.5, 0.6) is 0 Å². The van der Waals surface area contributed by atoms with Crippen molar-refractivity contribution < 1.29 is 8.94 Å². The van der Waals surface area contributed by atoms with Crippen LogP contribution < -0.4 is 21.3 Å². The molecule has 11 nitrogen and oxygen atoms in total. The van der Waals surface area contributed by atoms with E-state index in [1.807, 2.05) is 48.5 Å². The normalized spacial score (nSPS) is 36.1. The van der Waals surface area contributed by atoms with E-state index in [0.29, 0.717) is 40.5 Å². The van der Waals surface area contributed by atoms with E-state index in [2.05, 4.69) is 137 Å². The minimum Gasteiger partial charge on any atom is -0.419 e. The Labute approximate surface area is 560 Å². The maximum Gasteiger partial charge on any atom is 0.247 e. The van der Waals surface area contributed by atoms with Crippen LogP contribution in [0.15, 0.2) is 168 Å². The molecule has 16 saturated carbocycles. The van der Waals surface area contributed by atoms with Gasteiger partial charge in [0, 0.05) is 69.9 Å². The molecule has 0 radical (unpaired) electrons. The summed E-state index contributed by atoms with van der Waals surface area (Å²) < 4.78 is 12.5. The summed E-state index contributed by atoms with van der Waals surface area (Å²) in [7, 11) is 0. The van der Waals surface area contributed by atoms with Crippen LogP contribution in [-0.4, -0.2) is 68.6 Å². The number of rotatable bonds is 16. The molecule has 12 heteroatoms. The van der Waals surface area contributed by atoms with E-state index in [1.165, 1.54) is 182 Å². The first kappa shape index (κ1) is 61.0. The number of aromatic nitrogens is 3. The monoisotopic (exact) mass is 1310 g/mol. The van der Waals surface area contributed by atoms with Gasteiger partial charge in [-0.3, -0.25) is 9.98 Å². The molecule has 2 aliphatic heterocycles. The molecule has 16 fully saturated rings. The third-order valence-corrected chi connectivity index (χ3v) is 26.2. The van der Waals surface area contributed by atoms with E-state index < -0.39 is 0 Å². The van der Waals surface area contributed by atoms with Crippen molar-refractivity contribution in [3.63, 3.8) is 0 Å². The molecular formula is C81H98BrN9O2. The Hall–Kier alpha value is -5.63. The zero-order valence-electron chi connectivity index (χ0n) is 54.8. The van der Waals surface area contributed by atoms with Gasteiger partial charge in [-0.05, 0) is 272 Å². The average Bonchev–Trinajstić information content (AvgIpc) is 1.27.